The predicted molar refractivity (Wildman–Crippen MR) is 92.0 cm³/mol. The Bertz CT molecular complexity index is 639. The van der Waals surface area contributed by atoms with E-state index in [1.807, 2.05) is 24.4 Å². The van der Waals surface area contributed by atoms with Crippen molar-refractivity contribution in [1.29, 1.82) is 0 Å². The number of aromatic nitrogens is 3. The Hall–Kier alpha value is -2.10. The maximum absolute atomic E-state index is 12.3. The Kier molecular flexibility index (Phi) is 5.68. The van der Waals surface area contributed by atoms with Gasteiger partial charge < -0.3 is 15.4 Å². The topological polar surface area (TPSA) is 92.3 Å². The van der Waals surface area contributed by atoms with Crippen LogP contribution in [0.2, 0.25) is 0 Å². The highest BCUT2D eigenvalue weighted by molar-refractivity contribution is 7.13. The zero-order chi connectivity index (χ0) is 16.8. The largest absolute Gasteiger partial charge is 0.374 e. The minimum Gasteiger partial charge on any atom is -0.374 e. The van der Waals surface area contributed by atoms with E-state index in [9.17, 15) is 4.79 Å². The second-order valence-electron chi connectivity index (χ2n) is 5.48. The Morgan fingerprint density at radius 1 is 1.54 bits per heavy atom. The highest BCUT2D eigenvalue weighted by Crippen LogP contribution is 2.14. The molecule has 1 aliphatic heterocycles. The molecule has 0 radical (unpaired) electrons. The molecule has 24 heavy (non-hydrogen) atoms. The number of carbonyl (C=O) groups excluding carboxylic acids is 1. The SMILES string of the molecule is CC(C(=O)Nc1nccs1)N1CCOC(CNc2cccnn2)C1. The molecule has 9 heteroatoms. The monoisotopic (exact) mass is 348 g/mol. The van der Waals surface area contributed by atoms with E-state index in [2.05, 4.69) is 30.7 Å². The highest BCUT2D eigenvalue weighted by Gasteiger charge is 2.28. The van der Waals surface area contributed by atoms with Crippen molar-refractivity contribution in [3.8, 4) is 0 Å². The number of nitrogens with one attached hydrogen (secondary N) is 2. The first kappa shape index (κ1) is 16.7. The molecule has 0 aromatic carbocycles. The second kappa shape index (κ2) is 8.13. The van der Waals surface area contributed by atoms with Crippen molar-refractivity contribution in [2.45, 2.75) is 19.1 Å². The molecule has 3 heterocycles. The van der Waals surface area contributed by atoms with Crippen molar-refractivity contribution >= 4 is 28.2 Å². The molecule has 2 unspecified atom stereocenters. The van der Waals surface area contributed by atoms with Gasteiger partial charge in [-0.2, -0.15) is 5.10 Å². The Morgan fingerprint density at radius 3 is 3.21 bits per heavy atom. The van der Waals surface area contributed by atoms with E-state index in [1.165, 1.54) is 11.3 Å². The first-order chi connectivity index (χ1) is 11.7. The van der Waals surface area contributed by atoms with Crippen LogP contribution >= 0.6 is 11.3 Å². The summed E-state index contributed by atoms with van der Waals surface area (Å²) in [6, 6.07) is 3.45. The number of hydrogen-bond acceptors (Lipinski definition) is 8. The minimum absolute atomic E-state index is 0.00383. The quantitative estimate of drug-likeness (QED) is 0.807. The summed E-state index contributed by atoms with van der Waals surface area (Å²) in [4.78, 5) is 18.5. The third-order valence-corrected chi connectivity index (χ3v) is 4.53. The normalized spacial score (nSPS) is 19.6. The lowest BCUT2D eigenvalue weighted by molar-refractivity contribution is -0.123. The maximum atomic E-state index is 12.3. The summed E-state index contributed by atoms with van der Waals surface area (Å²) in [7, 11) is 0. The number of ether oxygens (including phenoxy) is 1. The van der Waals surface area contributed by atoms with Crippen LogP contribution in [0.25, 0.3) is 0 Å². The van der Waals surface area contributed by atoms with Gasteiger partial charge in [0, 0.05) is 37.4 Å². The van der Waals surface area contributed by atoms with Crippen LogP contribution in [0.4, 0.5) is 10.9 Å². The van der Waals surface area contributed by atoms with Gasteiger partial charge in [0.25, 0.3) is 0 Å². The number of hydrogen-bond donors (Lipinski definition) is 2. The molecule has 0 bridgehead atoms. The molecular formula is C15H20N6O2S. The van der Waals surface area contributed by atoms with Gasteiger partial charge in [-0.15, -0.1) is 16.4 Å². The smallest absolute Gasteiger partial charge is 0.243 e. The van der Waals surface area contributed by atoms with Crippen LogP contribution in [0.1, 0.15) is 6.92 Å². The van der Waals surface area contributed by atoms with Gasteiger partial charge in [0.1, 0.15) is 5.82 Å². The number of carbonyl (C=O) groups is 1. The Morgan fingerprint density at radius 2 is 2.46 bits per heavy atom. The van der Waals surface area contributed by atoms with Crippen LogP contribution in [0.15, 0.2) is 29.9 Å². The van der Waals surface area contributed by atoms with Crippen molar-refractivity contribution in [2.75, 3.05) is 36.9 Å². The average molecular weight is 348 g/mol. The Labute approximate surface area is 144 Å². The van der Waals surface area contributed by atoms with Crippen LogP contribution < -0.4 is 10.6 Å². The van der Waals surface area contributed by atoms with Crippen molar-refractivity contribution in [3.63, 3.8) is 0 Å². The van der Waals surface area contributed by atoms with Crippen molar-refractivity contribution in [3.05, 3.63) is 29.9 Å². The molecule has 3 rings (SSSR count). The molecule has 0 spiro atoms. The fraction of sp³-hybridized carbons (Fsp3) is 0.467. The summed E-state index contributed by atoms with van der Waals surface area (Å²) in [6.45, 7) is 4.53. The van der Waals surface area contributed by atoms with Gasteiger partial charge in [0.05, 0.1) is 18.8 Å². The Balaban J connectivity index is 1.50. The van der Waals surface area contributed by atoms with E-state index < -0.39 is 0 Å². The molecule has 0 saturated carbocycles. The lowest BCUT2D eigenvalue weighted by atomic mass is 10.2. The van der Waals surface area contributed by atoms with E-state index in [-0.39, 0.29) is 18.1 Å². The van der Waals surface area contributed by atoms with Crippen molar-refractivity contribution < 1.29 is 9.53 Å². The number of rotatable bonds is 6. The first-order valence-corrected chi connectivity index (χ1v) is 8.68. The van der Waals surface area contributed by atoms with Crippen LogP contribution in [-0.4, -0.2) is 64.4 Å². The molecule has 1 aliphatic rings. The zero-order valence-electron chi connectivity index (χ0n) is 13.4. The number of amides is 1. The molecular weight excluding hydrogens is 328 g/mol. The molecule has 8 nitrogen and oxygen atoms in total. The molecule has 1 amide bonds. The molecule has 0 aliphatic carbocycles. The highest BCUT2D eigenvalue weighted by atomic mass is 32.1. The number of nitrogens with zero attached hydrogens (tertiary/aromatic N) is 4. The van der Waals surface area contributed by atoms with E-state index in [1.54, 1.807) is 12.4 Å². The van der Waals surface area contributed by atoms with Gasteiger partial charge >= 0.3 is 0 Å². The van der Waals surface area contributed by atoms with Crippen molar-refractivity contribution in [2.24, 2.45) is 0 Å². The van der Waals surface area contributed by atoms with Gasteiger partial charge in [-0.1, -0.05) is 0 Å². The van der Waals surface area contributed by atoms with Crippen LogP contribution in [-0.2, 0) is 9.53 Å². The van der Waals surface area contributed by atoms with E-state index >= 15 is 0 Å². The zero-order valence-corrected chi connectivity index (χ0v) is 14.2. The van der Waals surface area contributed by atoms with Crippen LogP contribution in [0, 0.1) is 0 Å². The molecule has 2 N–H and O–H groups in total. The maximum Gasteiger partial charge on any atom is 0.243 e. The van der Waals surface area contributed by atoms with Gasteiger partial charge in [0.2, 0.25) is 5.91 Å². The fourth-order valence-electron chi connectivity index (χ4n) is 2.49. The number of morpholine rings is 1. The second-order valence-corrected chi connectivity index (χ2v) is 6.37. The van der Waals surface area contributed by atoms with Gasteiger partial charge in [-0.3, -0.25) is 9.69 Å². The third-order valence-electron chi connectivity index (χ3n) is 3.84. The average Bonchev–Trinajstić information content (AvgIpc) is 3.13. The summed E-state index contributed by atoms with van der Waals surface area (Å²) in [5.41, 5.74) is 0. The summed E-state index contributed by atoms with van der Waals surface area (Å²) in [5, 5.41) is 16.3. The van der Waals surface area contributed by atoms with E-state index in [4.69, 9.17) is 4.74 Å². The summed E-state index contributed by atoms with van der Waals surface area (Å²) < 4.78 is 5.77. The number of thiazole rings is 1. The molecule has 1 fully saturated rings. The van der Waals surface area contributed by atoms with Crippen molar-refractivity contribution in [1.82, 2.24) is 20.1 Å². The lowest BCUT2D eigenvalue weighted by Gasteiger charge is -2.36. The fourth-order valence-corrected chi connectivity index (χ4v) is 3.02. The number of anilines is 2. The summed E-state index contributed by atoms with van der Waals surface area (Å²) in [5.74, 6) is 0.667. The minimum atomic E-state index is -0.239. The lowest BCUT2D eigenvalue weighted by Crippen LogP contribution is -2.52. The molecule has 2 atom stereocenters. The summed E-state index contributed by atoms with van der Waals surface area (Å²) in [6.07, 6.45) is 3.30. The summed E-state index contributed by atoms with van der Waals surface area (Å²) >= 11 is 1.41. The van der Waals surface area contributed by atoms with Crippen LogP contribution in [0.5, 0.6) is 0 Å². The van der Waals surface area contributed by atoms with Gasteiger partial charge in [-0.05, 0) is 19.1 Å². The van der Waals surface area contributed by atoms with Gasteiger partial charge in [0.15, 0.2) is 5.13 Å². The van der Waals surface area contributed by atoms with E-state index in [0.717, 1.165) is 6.54 Å². The molecule has 128 valence electrons. The first-order valence-electron chi connectivity index (χ1n) is 7.80. The molecule has 2 aromatic rings. The predicted octanol–water partition coefficient (Wildman–Crippen LogP) is 1.07. The van der Waals surface area contributed by atoms with E-state index in [0.29, 0.717) is 30.6 Å². The third kappa shape index (κ3) is 4.47. The van der Waals surface area contributed by atoms with Crippen LogP contribution in [0.3, 0.4) is 0 Å². The molecule has 1 saturated heterocycles. The van der Waals surface area contributed by atoms with Gasteiger partial charge in [-0.25, -0.2) is 4.98 Å². The standard InChI is InChI=1S/C15H20N6O2S/c1-11(14(22)19-15-16-5-8-24-15)21-6-7-23-12(10-21)9-17-13-3-2-4-18-20-13/h2-5,8,11-12H,6-7,9-10H2,1H3,(H,17,20)(H,16,19,22). The molecule has 2 aromatic heterocycles.